The van der Waals surface area contributed by atoms with Crippen molar-refractivity contribution in [1.29, 1.82) is 0 Å². The lowest BCUT2D eigenvalue weighted by molar-refractivity contribution is -0.147. The Bertz CT molecular complexity index is 825. The average Bonchev–Trinajstić information content (AvgIpc) is 2.53. The molecule has 0 spiro atoms. The SMILES string of the molecule is CC(C)(C)OC(=O)NCCC(=O)OCn1nnc2ccccc2c1=O. The molecule has 1 aromatic heterocycles. The van der Waals surface area contributed by atoms with Crippen LogP contribution in [0.4, 0.5) is 4.79 Å². The molecule has 1 N–H and O–H groups in total. The molecule has 0 aliphatic carbocycles. The predicted molar refractivity (Wildman–Crippen MR) is 88.7 cm³/mol. The standard InChI is InChI=1S/C16H20N4O5/c1-16(2,3)25-15(23)17-9-8-13(21)24-10-20-14(22)11-6-4-5-7-12(11)18-19-20/h4-7H,8-10H2,1-3H3,(H,17,23). The lowest BCUT2D eigenvalue weighted by atomic mass is 10.2. The zero-order chi connectivity index (χ0) is 18.4. The number of amides is 1. The number of alkyl carbamates (subject to hydrolysis) is 1. The van der Waals surface area contributed by atoms with Crippen LogP contribution in [0.15, 0.2) is 29.1 Å². The molecule has 134 valence electrons. The van der Waals surface area contributed by atoms with Gasteiger partial charge in [0.15, 0.2) is 6.73 Å². The van der Waals surface area contributed by atoms with Crippen molar-refractivity contribution < 1.29 is 19.1 Å². The fraction of sp³-hybridized carbons (Fsp3) is 0.438. The highest BCUT2D eigenvalue weighted by molar-refractivity contribution is 5.76. The summed E-state index contributed by atoms with van der Waals surface area (Å²) in [5, 5.41) is 10.4. The topological polar surface area (TPSA) is 112 Å². The molecule has 9 heteroatoms. The Morgan fingerprint density at radius 2 is 1.96 bits per heavy atom. The van der Waals surface area contributed by atoms with Gasteiger partial charge in [-0.15, -0.1) is 5.10 Å². The zero-order valence-corrected chi connectivity index (χ0v) is 14.3. The second-order valence-corrected chi connectivity index (χ2v) is 6.24. The van der Waals surface area contributed by atoms with Crippen LogP contribution in [-0.2, 0) is 21.0 Å². The molecule has 0 radical (unpaired) electrons. The third-order valence-electron chi connectivity index (χ3n) is 2.97. The number of benzene rings is 1. The minimum Gasteiger partial charge on any atom is -0.444 e. The molecule has 0 atom stereocenters. The third kappa shape index (κ3) is 5.55. The van der Waals surface area contributed by atoms with E-state index in [0.717, 1.165) is 4.68 Å². The van der Waals surface area contributed by atoms with E-state index in [4.69, 9.17) is 9.47 Å². The first-order valence-electron chi connectivity index (χ1n) is 7.71. The molecule has 1 amide bonds. The van der Waals surface area contributed by atoms with Crippen molar-refractivity contribution in [3.05, 3.63) is 34.6 Å². The van der Waals surface area contributed by atoms with Crippen LogP contribution in [0.3, 0.4) is 0 Å². The summed E-state index contributed by atoms with van der Waals surface area (Å²) in [4.78, 5) is 35.3. The molecule has 1 heterocycles. The normalized spacial score (nSPS) is 11.2. The Morgan fingerprint density at radius 1 is 1.24 bits per heavy atom. The van der Waals surface area contributed by atoms with Crippen LogP contribution < -0.4 is 10.9 Å². The van der Waals surface area contributed by atoms with Crippen molar-refractivity contribution in [2.75, 3.05) is 6.54 Å². The molecular formula is C16H20N4O5. The summed E-state index contributed by atoms with van der Waals surface area (Å²) in [7, 11) is 0. The molecule has 0 fully saturated rings. The molecule has 9 nitrogen and oxygen atoms in total. The summed E-state index contributed by atoms with van der Waals surface area (Å²) >= 11 is 0. The molecule has 1 aromatic carbocycles. The fourth-order valence-corrected chi connectivity index (χ4v) is 1.89. The number of ether oxygens (including phenoxy) is 2. The first-order valence-corrected chi connectivity index (χ1v) is 7.71. The predicted octanol–water partition coefficient (Wildman–Crippen LogP) is 1.21. The summed E-state index contributed by atoms with van der Waals surface area (Å²) in [5.41, 5.74) is -0.539. The smallest absolute Gasteiger partial charge is 0.407 e. The Balaban J connectivity index is 1.82. The number of aromatic nitrogens is 3. The lowest BCUT2D eigenvalue weighted by Crippen LogP contribution is -2.34. The van der Waals surface area contributed by atoms with E-state index in [2.05, 4.69) is 15.6 Å². The Labute approximate surface area is 143 Å². The maximum absolute atomic E-state index is 12.2. The first kappa shape index (κ1) is 18.4. The average molecular weight is 348 g/mol. The number of fused-ring (bicyclic) bond motifs is 1. The number of nitrogens with one attached hydrogen (secondary N) is 1. The quantitative estimate of drug-likeness (QED) is 0.808. The van der Waals surface area contributed by atoms with Gasteiger partial charge in [-0.2, -0.15) is 4.68 Å². The third-order valence-corrected chi connectivity index (χ3v) is 2.97. The van der Waals surface area contributed by atoms with E-state index in [1.165, 1.54) is 0 Å². The highest BCUT2D eigenvalue weighted by atomic mass is 16.6. The van der Waals surface area contributed by atoms with Crippen LogP contribution in [-0.4, -0.2) is 39.2 Å². The number of esters is 1. The maximum atomic E-state index is 12.2. The molecule has 2 rings (SSSR count). The van der Waals surface area contributed by atoms with Crippen molar-refractivity contribution in [3.8, 4) is 0 Å². The van der Waals surface area contributed by atoms with Crippen LogP contribution in [0.5, 0.6) is 0 Å². The highest BCUT2D eigenvalue weighted by Gasteiger charge is 2.16. The molecule has 0 saturated carbocycles. The second kappa shape index (κ2) is 7.73. The van der Waals surface area contributed by atoms with Crippen LogP contribution in [0.1, 0.15) is 27.2 Å². The first-order chi connectivity index (χ1) is 11.8. The van der Waals surface area contributed by atoms with E-state index in [9.17, 15) is 14.4 Å². The van der Waals surface area contributed by atoms with E-state index >= 15 is 0 Å². The van der Waals surface area contributed by atoms with Crippen LogP contribution >= 0.6 is 0 Å². The van der Waals surface area contributed by atoms with E-state index in [0.29, 0.717) is 10.9 Å². The number of carbonyl (C=O) groups excluding carboxylic acids is 2. The highest BCUT2D eigenvalue weighted by Crippen LogP contribution is 2.06. The Hall–Kier alpha value is -2.97. The molecule has 0 bridgehead atoms. The molecule has 0 unspecified atom stereocenters. The number of nitrogens with zero attached hydrogens (tertiary/aromatic N) is 3. The number of carbonyl (C=O) groups is 2. The van der Waals surface area contributed by atoms with Gasteiger partial charge in [-0.1, -0.05) is 17.3 Å². The lowest BCUT2D eigenvalue weighted by Gasteiger charge is -2.19. The van der Waals surface area contributed by atoms with Crippen molar-refractivity contribution in [1.82, 2.24) is 20.3 Å². The molecule has 25 heavy (non-hydrogen) atoms. The van der Waals surface area contributed by atoms with Gasteiger partial charge in [0.1, 0.15) is 11.1 Å². The van der Waals surface area contributed by atoms with Gasteiger partial charge >= 0.3 is 12.1 Å². The number of hydrogen-bond acceptors (Lipinski definition) is 7. The molecule has 0 aliphatic heterocycles. The van der Waals surface area contributed by atoms with Gasteiger partial charge in [0.25, 0.3) is 5.56 Å². The minimum absolute atomic E-state index is 0.0605. The van der Waals surface area contributed by atoms with Gasteiger partial charge < -0.3 is 14.8 Å². The summed E-state index contributed by atoms with van der Waals surface area (Å²) < 4.78 is 11.0. The summed E-state index contributed by atoms with van der Waals surface area (Å²) in [6.07, 6.45) is -0.674. The second-order valence-electron chi connectivity index (χ2n) is 6.24. The molecular weight excluding hydrogens is 328 g/mol. The van der Waals surface area contributed by atoms with Gasteiger partial charge in [0, 0.05) is 6.54 Å². The minimum atomic E-state index is -0.614. The molecule has 0 saturated heterocycles. The van der Waals surface area contributed by atoms with Crippen LogP contribution in [0, 0.1) is 0 Å². The molecule has 0 aliphatic rings. The number of hydrogen-bond donors (Lipinski definition) is 1. The maximum Gasteiger partial charge on any atom is 0.407 e. The summed E-state index contributed by atoms with van der Waals surface area (Å²) in [6, 6.07) is 6.75. The van der Waals surface area contributed by atoms with Gasteiger partial charge in [-0.3, -0.25) is 9.59 Å². The van der Waals surface area contributed by atoms with Crippen molar-refractivity contribution >= 4 is 23.0 Å². The van der Waals surface area contributed by atoms with Crippen LogP contribution in [0.2, 0.25) is 0 Å². The van der Waals surface area contributed by atoms with E-state index in [1.807, 2.05) is 0 Å². The largest absolute Gasteiger partial charge is 0.444 e. The van der Waals surface area contributed by atoms with Gasteiger partial charge in [-0.25, -0.2) is 4.79 Å². The van der Waals surface area contributed by atoms with E-state index in [1.54, 1.807) is 45.0 Å². The molecule has 2 aromatic rings. The summed E-state index contributed by atoms with van der Waals surface area (Å²) in [6.45, 7) is 4.93. The van der Waals surface area contributed by atoms with Crippen molar-refractivity contribution in [2.24, 2.45) is 0 Å². The summed E-state index contributed by atoms with van der Waals surface area (Å²) in [5.74, 6) is -0.585. The van der Waals surface area contributed by atoms with Gasteiger partial charge in [-0.05, 0) is 32.9 Å². The van der Waals surface area contributed by atoms with Crippen molar-refractivity contribution in [3.63, 3.8) is 0 Å². The van der Waals surface area contributed by atoms with Crippen molar-refractivity contribution in [2.45, 2.75) is 39.5 Å². The monoisotopic (exact) mass is 348 g/mol. The van der Waals surface area contributed by atoms with E-state index < -0.39 is 23.2 Å². The Kier molecular flexibility index (Phi) is 5.68. The van der Waals surface area contributed by atoms with E-state index in [-0.39, 0.29) is 19.7 Å². The zero-order valence-electron chi connectivity index (χ0n) is 14.3. The van der Waals surface area contributed by atoms with Gasteiger partial charge in [0.05, 0.1) is 11.8 Å². The Morgan fingerprint density at radius 3 is 2.68 bits per heavy atom. The van der Waals surface area contributed by atoms with Crippen LogP contribution in [0.25, 0.3) is 10.9 Å². The fourth-order valence-electron chi connectivity index (χ4n) is 1.89. The number of rotatable bonds is 5. The van der Waals surface area contributed by atoms with Gasteiger partial charge in [0.2, 0.25) is 0 Å².